The average molecular weight is 376 g/mol. The molecule has 0 radical (unpaired) electrons. The molecule has 0 fully saturated rings. The first-order valence-corrected chi connectivity index (χ1v) is 11.1. The third-order valence-corrected chi connectivity index (χ3v) is 5.67. The maximum Gasteiger partial charge on any atom is 0.191 e. The Hall–Kier alpha value is -1.28. The monoisotopic (exact) mass is 375 g/mol. The fraction of sp³-hybridized carbons (Fsp3) is 0.562. The van der Waals surface area contributed by atoms with Crippen molar-refractivity contribution in [2.45, 2.75) is 26.1 Å². The van der Waals surface area contributed by atoms with E-state index in [1.165, 1.54) is 12.1 Å². The predicted molar refractivity (Wildman–Crippen MR) is 101 cm³/mol. The second-order valence-electron chi connectivity index (χ2n) is 5.20. The topological polar surface area (TPSA) is 70.6 Å². The van der Waals surface area contributed by atoms with Gasteiger partial charge in [0.25, 0.3) is 0 Å². The van der Waals surface area contributed by atoms with E-state index in [0.717, 1.165) is 16.9 Å². The molecule has 0 spiro atoms. The zero-order valence-corrected chi connectivity index (χ0v) is 16.1. The summed E-state index contributed by atoms with van der Waals surface area (Å²) >= 11 is 1.63. The van der Waals surface area contributed by atoms with Crippen molar-refractivity contribution in [1.82, 2.24) is 10.6 Å². The highest BCUT2D eigenvalue weighted by molar-refractivity contribution is 7.97. The number of hydrogen-bond acceptors (Lipinski definition) is 4. The van der Waals surface area contributed by atoms with E-state index in [1.54, 1.807) is 24.8 Å². The largest absolute Gasteiger partial charge is 0.357 e. The first-order chi connectivity index (χ1) is 11.4. The Balaban J connectivity index is 2.75. The lowest BCUT2D eigenvalue weighted by molar-refractivity contribution is 0.595. The van der Waals surface area contributed by atoms with Crippen LogP contribution in [0.15, 0.2) is 23.2 Å². The van der Waals surface area contributed by atoms with Crippen LogP contribution in [0.25, 0.3) is 0 Å². The maximum absolute atomic E-state index is 13.4. The Kier molecular flexibility index (Phi) is 9.13. The molecule has 0 saturated heterocycles. The van der Waals surface area contributed by atoms with E-state index in [0.29, 0.717) is 25.6 Å². The van der Waals surface area contributed by atoms with E-state index in [4.69, 9.17) is 0 Å². The van der Waals surface area contributed by atoms with E-state index in [2.05, 4.69) is 15.6 Å². The predicted octanol–water partition coefficient (Wildman–Crippen LogP) is 2.18. The Morgan fingerprint density at radius 3 is 2.62 bits per heavy atom. The fourth-order valence-electron chi connectivity index (χ4n) is 2.01. The molecule has 24 heavy (non-hydrogen) atoms. The lowest BCUT2D eigenvalue weighted by Gasteiger charge is -2.12. The van der Waals surface area contributed by atoms with Crippen LogP contribution in [0.1, 0.15) is 25.0 Å². The van der Waals surface area contributed by atoms with E-state index < -0.39 is 9.84 Å². The molecular formula is C16H26FN3O2S2. The summed E-state index contributed by atoms with van der Waals surface area (Å²) in [5, 5.41) is 6.11. The summed E-state index contributed by atoms with van der Waals surface area (Å²) in [5.41, 5.74) is 1.89. The van der Waals surface area contributed by atoms with E-state index in [9.17, 15) is 12.8 Å². The van der Waals surface area contributed by atoms with Crippen LogP contribution < -0.4 is 10.6 Å². The van der Waals surface area contributed by atoms with Crippen LogP contribution >= 0.6 is 11.8 Å². The smallest absolute Gasteiger partial charge is 0.191 e. The van der Waals surface area contributed by atoms with Crippen LogP contribution in [-0.4, -0.2) is 45.2 Å². The third-order valence-electron chi connectivity index (χ3n) is 3.37. The van der Waals surface area contributed by atoms with E-state index in [-0.39, 0.29) is 17.3 Å². The lowest BCUT2D eigenvalue weighted by Crippen LogP contribution is -2.39. The molecule has 0 aliphatic heterocycles. The molecule has 0 aromatic heterocycles. The van der Waals surface area contributed by atoms with Crippen molar-refractivity contribution in [2.24, 2.45) is 4.99 Å². The third kappa shape index (κ3) is 7.53. The number of hydrogen-bond donors (Lipinski definition) is 2. The molecule has 0 unspecified atom stereocenters. The molecular weight excluding hydrogens is 349 g/mol. The Labute approximate surface area is 148 Å². The first-order valence-electron chi connectivity index (χ1n) is 7.90. The van der Waals surface area contributed by atoms with Gasteiger partial charge in [0.1, 0.15) is 5.82 Å². The lowest BCUT2D eigenvalue weighted by atomic mass is 10.1. The van der Waals surface area contributed by atoms with Crippen LogP contribution in [0.2, 0.25) is 0 Å². The molecule has 2 N–H and O–H groups in total. The summed E-state index contributed by atoms with van der Waals surface area (Å²) in [5.74, 6) is 1.24. The van der Waals surface area contributed by atoms with Gasteiger partial charge in [-0.05, 0) is 36.4 Å². The minimum absolute atomic E-state index is 0.0716. The average Bonchev–Trinajstić information content (AvgIpc) is 2.54. The van der Waals surface area contributed by atoms with Crippen LogP contribution in [0.3, 0.4) is 0 Å². The highest BCUT2D eigenvalue weighted by atomic mass is 32.2. The van der Waals surface area contributed by atoms with Gasteiger partial charge in [0.15, 0.2) is 15.8 Å². The molecule has 0 atom stereocenters. The zero-order valence-electron chi connectivity index (χ0n) is 14.4. The number of nitrogens with one attached hydrogen (secondary N) is 2. The molecule has 0 amide bonds. The SMILES string of the molecule is CCNC(=NCc1ccc(F)cc1CSC)NCCS(=O)(=O)CC. The van der Waals surface area contributed by atoms with E-state index in [1.807, 2.05) is 13.2 Å². The van der Waals surface area contributed by atoms with Crippen molar-refractivity contribution >= 4 is 27.6 Å². The van der Waals surface area contributed by atoms with Crippen molar-refractivity contribution in [2.75, 3.05) is 30.9 Å². The number of guanidine groups is 1. The van der Waals surface area contributed by atoms with Gasteiger partial charge in [-0.15, -0.1) is 0 Å². The first kappa shape index (κ1) is 20.8. The van der Waals surface area contributed by atoms with Gasteiger partial charge in [0.05, 0.1) is 12.3 Å². The van der Waals surface area contributed by atoms with Gasteiger partial charge in [0.2, 0.25) is 0 Å². The molecule has 136 valence electrons. The summed E-state index contributed by atoms with van der Waals surface area (Å²) in [6, 6.07) is 4.72. The molecule has 0 aliphatic carbocycles. The number of rotatable bonds is 9. The van der Waals surface area contributed by atoms with Crippen molar-refractivity contribution in [3.63, 3.8) is 0 Å². The van der Waals surface area contributed by atoms with Crippen molar-refractivity contribution < 1.29 is 12.8 Å². The van der Waals surface area contributed by atoms with Crippen LogP contribution in [-0.2, 0) is 22.1 Å². The molecule has 0 heterocycles. The van der Waals surface area contributed by atoms with Crippen molar-refractivity contribution in [3.8, 4) is 0 Å². The molecule has 1 aromatic rings. The quantitative estimate of drug-likeness (QED) is 0.511. The van der Waals surface area contributed by atoms with Gasteiger partial charge in [-0.1, -0.05) is 13.0 Å². The van der Waals surface area contributed by atoms with Crippen LogP contribution in [0, 0.1) is 5.82 Å². The number of benzene rings is 1. The summed E-state index contributed by atoms with van der Waals surface area (Å²) < 4.78 is 36.4. The van der Waals surface area contributed by atoms with Crippen molar-refractivity contribution in [1.29, 1.82) is 0 Å². The summed E-state index contributed by atoms with van der Waals surface area (Å²) in [4.78, 5) is 4.47. The van der Waals surface area contributed by atoms with Crippen LogP contribution in [0.4, 0.5) is 4.39 Å². The number of aliphatic imine (C=N–C) groups is 1. The normalized spacial score (nSPS) is 12.2. The minimum atomic E-state index is -3.01. The Bertz CT molecular complexity index is 649. The highest BCUT2D eigenvalue weighted by Crippen LogP contribution is 2.17. The second kappa shape index (κ2) is 10.6. The minimum Gasteiger partial charge on any atom is -0.357 e. The standard InChI is InChI=1S/C16H26FN3O2S2/c1-4-18-16(19-8-9-24(21,22)5-2)20-11-13-6-7-15(17)10-14(13)12-23-3/h6-7,10H,4-5,8-9,11-12H2,1-3H3,(H2,18,19,20). The zero-order chi connectivity index (χ0) is 18.0. The number of nitrogens with zero attached hydrogens (tertiary/aromatic N) is 1. The summed E-state index contributed by atoms with van der Waals surface area (Å²) in [7, 11) is -3.01. The van der Waals surface area contributed by atoms with Gasteiger partial charge in [-0.2, -0.15) is 11.8 Å². The molecule has 1 aromatic carbocycles. The van der Waals surface area contributed by atoms with E-state index >= 15 is 0 Å². The highest BCUT2D eigenvalue weighted by Gasteiger charge is 2.08. The summed E-state index contributed by atoms with van der Waals surface area (Å²) in [6.45, 7) is 4.97. The Morgan fingerprint density at radius 1 is 1.25 bits per heavy atom. The molecule has 0 aliphatic rings. The molecule has 8 heteroatoms. The number of halogens is 1. The van der Waals surface area contributed by atoms with Gasteiger partial charge in [0, 0.05) is 24.6 Å². The number of sulfone groups is 1. The fourth-order valence-corrected chi connectivity index (χ4v) is 3.30. The van der Waals surface area contributed by atoms with Crippen LogP contribution in [0.5, 0.6) is 0 Å². The number of thioether (sulfide) groups is 1. The molecule has 1 rings (SSSR count). The van der Waals surface area contributed by atoms with Crippen molar-refractivity contribution in [3.05, 3.63) is 35.1 Å². The molecule has 5 nitrogen and oxygen atoms in total. The van der Waals surface area contributed by atoms with Gasteiger partial charge in [-0.3, -0.25) is 0 Å². The molecule has 0 bridgehead atoms. The van der Waals surface area contributed by atoms with Gasteiger partial charge >= 0.3 is 0 Å². The maximum atomic E-state index is 13.4. The van der Waals surface area contributed by atoms with Gasteiger partial charge in [-0.25, -0.2) is 17.8 Å². The Morgan fingerprint density at radius 2 is 2.00 bits per heavy atom. The molecule has 0 saturated carbocycles. The van der Waals surface area contributed by atoms with Gasteiger partial charge < -0.3 is 10.6 Å². The second-order valence-corrected chi connectivity index (χ2v) is 8.54. The summed E-state index contributed by atoms with van der Waals surface area (Å²) in [6.07, 6.45) is 1.97.